The highest BCUT2D eigenvalue weighted by Crippen LogP contribution is 2.27. The second kappa shape index (κ2) is 7.76. The molecule has 6 heteroatoms. The van der Waals surface area contributed by atoms with Gasteiger partial charge in [-0.2, -0.15) is 0 Å². The first-order chi connectivity index (χ1) is 13.7. The predicted octanol–water partition coefficient (Wildman–Crippen LogP) is 2.89. The molecule has 144 valence electrons. The normalized spacial score (nSPS) is 16.5. The highest BCUT2D eigenvalue weighted by Gasteiger charge is 2.34. The number of para-hydroxylation sites is 1. The van der Waals surface area contributed by atoms with E-state index in [0.717, 1.165) is 23.4 Å². The van der Waals surface area contributed by atoms with Crippen molar-refractivity contribution in [1.29, 1.82) is 0 Å². The van der Waals surface area contributed by atoms with E-state index in [9.17, 15) is 9.59 Å². The Balaban J connectivity index is 1.33. The Morgan fingerprint density at radius 1 is 1.21 bits per heavy atom. The van der Waals surface area contributed by atoms with Crippen molar-refractivity contribution in [3.63, 3.8) is 0 Å². The number of H-pyrrole nitrogens is 1. The number of hydrogen-bond donors (Lipinski definition) is 2. The standard InChI is InChI=1S/C22H23N3O3/c1-28-18-8-6-17(7-9-18)25-14-16(12-21(25)26)22(27)23-11-10-15-13-24-20-5-3-2-4-19(15)20/h2-9,13,16,24H,10-12,14H2,1H3,(H,23,27)/t16-/m1/s1. The summed E-state index contributed by atoms with van der Waals surface area (Å²) in [5, 5.41) is 4.17. The quantitative estimate of drug-likeness (QED) is 0.694. The average Bonchev–Trinajstić information content (AvgIpc) is 3.32. The van der Waals surface area contributed by atoms with Gasteiger partial charge in [-0.3, -0.25) is 9.59 Å². The third-order valence-corrected chi connectivity index (χ3v) is 5.25. The molecule has 1 fully saturated rings. The SMILES string of the molecule is COc1ccc(N2C[C@H](C(=O)NCCc3c[nH]c4ccccc34)CC2=O)cc1. The first kappa shape index (κ1) is 18.1. The lowest BCUT2D eigenvalue weighted by Gasteiger charge is -2.17. The van der Waals surface area contributed by atoms with Gasteiger partial charge in [0.25, 0.3) is 0 Å². The van der Waals surface area contributed by atoms with Crippen molar-refractivity contribution in [3.05, 3.63) is 60.3 Å². The Morgan fingerprint density at radius 2 is 2.00 bits per heavy atom. The van der Waals surface area contributed by atoms with Gasteiger partial charge in [-0.25, -0.2) is 0 Å². The van der Waals surface area contributed by atoms with Gasteiger partial charge in [-0.15, -0.1) is 0 Å². The Labute approximate surface area is 163 Å². The second-order valence-corrected chi connectivity index (χ2v) is 7.00. The summed E-state index contributed by atoms with van der Waals surface area (Å²) < 4.78 is 5.15. The molecular weight excluding hydrogens is 354 g/mol. The minimum Gasteiger partial charge on any atom is -0.497 e. The second-order valence-electron chi connectivity index (χ2n) is 7.00. The maximum atomic E-state index is 12.5. The number of nitrogens with one attached hydrogen (secondary N) is 2. The summed E-state index contributed by atoms with van der Waals surface area (Å²) in [5.74, 6) is 0.325. The fourth-order valence-electron chi connectivity index (χ4n) is 3.70. The third-order valence-electron chi connectivity index (χ3n) is 5.25. The lowest BCUT2D eigenvalue weighted by atomic mass is 10.1. The van der Waals surface area contributed by atoms with Crippen molar-refractivity contribution in [2.75, 3.05) is 25.1 Å². The molecule has 0 saturated carbocycles. The van der Waals surface area contributed by atoms with Crippen LogP contribution in [0.15, 0.2) is 54.7 Å². The number of carbonyl (C=O) groups excluding carboxylic acids is 2. The molecule has 2 heterocycles. The molecule has 2 N–H and O–H groups in total. The summed E-state index contributed by atoms with van der Waals surface area (Å²) in [6.45, 7) is 0.956. The highest BCUT2D eigenvalue weighted by atomic mass is 16.5. The molecule has 0 spiro atoms. The van der Waals surface area contributed by atoms with Crippen LogP contribution in [0, 0.1) is 5.92 Å². The molecule has 0 bridgehead atoms. The number of aromatic nitrogens is 1. The molecule has 1 saturated heterocycles. The first-order valence-electron chi connectivity index (χ1n) is 9.43. The zero-order valence-electron chi connectivity index (χ0n) is 15.8. The molecule has 6 nitrogen and oxygen atoms in total. The Kier molecular flexibility index (Phi) is 5.02. The van der Waals surface area contributed by atoms with Crippen LogP contribution in [0.2, 0.25) is 0 Å². The van der Waals surface area contributed by atoms with Crippen molar-refractivity contribution in [3.8, 4) is 5.75 Å². The summed E-state index contributed by atoms with van der Waals surface area (Å²) in [5.41, 5.74) is 3.07. The minimum atomic E-state index is -0.322. The van der Waals surface area contributed by atoms with Crippen molar-refractivity contribution in [2.45, 2.75) is 12.8 Å². The number of rotatable bonds is 6. The maximum Gasteiger partial charge on any atom is 0.227 e. The van der Waals surface area contributed by atoms with Crippen LogP contribution in [0.5, 0.6) is 5.75 Å². The topological polar surface area (TPSA) is 74.4 Å². The molecule has 1 aromatic heterocycles. The van der Waals surface area contributed by atoms with Crippen LogP contribution >= 0.6 is 0 Å². The monoisotopic (exact) mass is 377 g/mol. The van der Waals surface area contributed by atoms with E-state index in [-0.39, 0.29) is 24.2 Å². The van der Waals surface area contributed by atoms with Crippen molar-refractivity contribution >= 4 is 28.4 Å². The molecule has 3 aromatic rings. The van der Waals surface area contributed by atoms with Crippen LogP contribution < -0.4 is 15.0 Å². The summed E-state index contributed by atoms with van der Waals surface area (Å²) >= 11 is 0. The van der Waals surface area contributed by atoms with Gasteiger partial charge < -0.3 is 19.9 Å². The zero-order chi connectivity index (χ0) is 19.5. The lowest BCUT2D eigenvalue weighted by molar-refractivity contribution is -0.126. The molecule has 0 aliphatic carbocycles. The first-order valence-corrected chi connectivity index (χ1v) is 9.43. The highest BCUT2D eigenvalue weighted by molar-refractivity contribution is 6.00. The number of amides is 2. The molecular formula is C22H23N3O3. The molecule has 2 amide bonds. The largest absolute Gasteiger partial charge is 0.497 e. The number of methoxy groups -OCH3 is 1. The van der Waals surface area contributed by atoms with E-state index >= 15 is 0 Å². The van der Waals surface area contributed by atoms with Crippen molar-refractivity contribution in [1.82, 2.24) is 10.3 Å². The Hall–Kier alpha value is -3.28. The number of ether oxygens (including phenoxy) is 1. The van der Waals surface area contributed by atoms with Gasteiger partial charge in [-0.05, 0) is 42.3 Å². The van der Waals surface area contributed by atoms with Crippen LogP contribution in [-0.4, -0.2) is 37.0 Å². The molecule has 0 unspecified atom stereocenters. The van der Waals surface area contributed by atoms with E-state index in [1.807, 2.05) is 48.7 Å². The molecule has 28 heavy (non-hydrogen) atoms. The average molecular weight is 377 g/mol. The number of hydrogen-bond acceptors (Lipinski definition) is 3. The molecule has 4 rings (SSSR count). The van der Waals surface area contributed by atoms with Crippen LogP contribution in [0.3, 0.4) is 0 Å². The fourth-order valence-corrected chi connectivity index (χ4v) is 3.70. The van der Waals surface area contributed by atoms with Gasteiger partial charge in [0.15, 0.2) is 0 Å². The third kappa shape index (κ3) is 3.58. The molecule has 1 aliphatic heterocycles. The fraction of sp³-hybridized carbons (Fsp3) is 0.273. The molecule has 2 aromatic carbocycles. The van der Waals surface area contributed by atoms with Gasteiger partial charge in [0, 0.05) is 42.3 Å². The molecule has 1 aliphatic rings. The Bertz CT molecular complexity index is 994. The summed E-state index contributed by atoms with van der Waals surface area (Å²) in [4.78, 5) is 29.8. The van der Waals surface area contributed by atoms with Crippen LogP contribution in [0.1, 0.15) is 12.0 Å². The lowest BCUT2D eigenvalue weighted by Crippen LogP contribution is -2.34. The molecule has 1 atom stereocenters. The van der Waals surface area contributed by atoms with Gasteiger partial charge in [0.2, 0.25) is 11.8 Å². The number of aromatic amines is 1. The summed E-state index contributed by atoms with van der Waals surface area (Å²) in [6.07, 6.45) is 2.98. The van der Waals surface area contributed by atoms with E-state index in [1.54, 1.807) is 12.0 Å². The number of nitrogens with zero attached hydrogens (tertiary/aromatic N) is 1. The number of benzene rings is 2. The van der Waals surface area contributed by atoms with Crippen molar-refractivity contribution in [2.24, 2.45) is 5.92 Å². The van der Waals surface area contributed by atoms with Crippen LogP contribution in [0.25, 0.3) is 10.9 Å². The Morgan fingerprint density at radius 3 is 2.79 bits per heavy atom. The van der Waals surface area contributed by atoms with E-state index in [4.69, 9.17) is 4.74 Å². The van der Waals surface area contributed by atoms with E-state index in [1.165, 1.54) is 10.9 Å². The van der Waals surface area contributed by atoms with Crippen molar-refractivity contribution < 1.29 is 14.3 Å². The van der Waals surface area contributed by atoms with E-state index in [0.29, 0.717) is 13.1 Å². The number of anilines is 1. The zero-order valence-corrected chi connectivity index (χ0v) is 15.8. The predicted molar refractivity (Wildman–Crippen MR) is 108 cm³/mol. The van der Waals surface area contributed by atoms with E-state index in [2.05, 4.69) is 16.4 Å². The minimum absolute atomic E-state index is 0.0260. The maximum absolute atomic E-state index is 12.5. The van der Waals surface area contributed by atoms with Gasteiger partial charge >= 0.3 is 0 Å². The van der Waals surface area contributed by atoms with E-state index < -0.39 is 0 Å². The van der Waals surface area contributed by atoms with Crippen LogP contribution in [0.4, 0.5) is 5.69 Å². The summed E-state index contributed by atoms with van der Waals surface area (Å²) in [7, 11) is 1.60. The van der Waals surface area contributed by atoms with Gasteiger partial charge in [-0.1, -0.05) is 18.2 Å². The number of carbonyl (C=O) groups is 2. The molecule has 0 radical (unpaired) electrons. The van der Waals surface area contributed by atoms with Crippen LogP contribution in [-0.2, 0) is 16.0 Å². The van der Waals surface area contributed by atoms with Gasteiger partial charge in [0.1, 0.15) is 5.75 Å². The van der Waals surface area contributed by atoms with Gasteiger partial charge in [0.05, 0.1) is 13.0 Å². The summed E-state index contributed by atoms with van der Waals surface area (Å²) in [6, 6.07) is 15.4. The smallest absolute Gasteiger partial charge is 0.227 e. The number of fused-ring (bicyclic) bond motifs is 1.